The lowest BCUT2D eigenvalue weighted by molar-refractivity contribution is 0.806. The lowest BCUT2D eigenvalue weighted by atomic mass is 10.1. The van der Waals surface area contributed by atoms with Crippen molar-refractivity contribution in [3.63, 3.8) is 0 Å². The second kappa shape index (κ2) is 5.82. The Hall–Kier alpha value is -1.62. The summed E-state index contributed by atoms with van der Waals surface area (Å²) in [6, 6.07) is 3.96. The third kappa shape index (κ3) is 2.79. The highest BCUT2D eigenvalue weighted by atomic mass is 32.2. The summed E-state index contributed by atoms with van der Waals surface area (Å²) in [5.41, 5.74) is 1.15. The van der Waals surface area contributed by atoms with Crippen LogP contribution in [0.4, 0.5) is 5.82 Å². The Kier molecular flexibility index (Phi) is 4.15. The van der Waals surface area contributed by atoms with Gasteiger partial charge in [-0.3, -0.25) is 4.98 Å². The van der Waals surface area contributed by atoms with Crippen LogP contribution in [-0.2, 0) is 0 Å². The van der Waals surface area contributed by atoms with E-state index in [1.807, 2.05) is 19.2 Å². The van der Waals surface area contributed by atoms with Crippen LogP contribution in [0.15, 0.2) is 40.8 Å². The molecule has 2 aromatic heterocycles. The van der Waals surface area contributed by atoms with Crippen molar-refractivity contribution in [1.29, 1.82) is 0 Å². The summed E-state index contributed by atoms with van der Waals surface area (Å²) in [6.45, 7) is 4.30. The molecule has 0 aliphatic carbocycles. The first kappa shape index (κ1) is 12.8. The van der Waals surface area contributed by atoms with E-state index in [9.17, 15) is 0 Å². The minimum absolute atomic E-state index is 0.373. The molecule has 0 atom stereocenters. The van der Waals surface area contributed by atoms with Crippen LogP contribution in [0, 0.1) is 0 Å². The fourth-order valence-electron chi connectivity index (χ4n) is 1.70. The van der Waals surface area contributed by atoms with Crippen molar-refractivity contribution in [3.8, 4) is 0 Å². The summed E-state index contributed by atoms with van der Waals surface area (Å²) in [4.78, 5) is 13.8. The Balaban J connectivity index is 2.38. The molecule has 0 aliphatic rings. The molecular weight excluding hydrogens is 244 g/mol. The normalized spacial score (nSPS) is 10.7. The van der Waals surface area contributed by atoms with Crippen molar-refractivity contribution in [1.82, 2.24) is 15.0 Å². The van der Waals surface area contributed by atoms with Gasteiger partial charge in [0.05, 0.1) is 0 Å². The first-order valence-electron chi connectivity index (χ1n) is 5.83. The van der Waals surface area contributed by atoms with Gasteiger partial charge in [-0.15, -0.1) is 0 Å². The van der Waals surface area contributed by atoms with Gasteiger partial charge in [0.2, 0.25) is 0 Å². The van der Waals surface area contributed by atoms with Crippen LogP contribution in [0.2, 0.25) is 0 Å². The van der Waals surface area contributed by atoms with Gasteiger partial charge < -0.3 is 5.32 Å². The van der Waals surface area contributed by atoms with Gasteiger partial charge in [-0.25, -0.2) is 9.97 Å². The van der Waals surface area contributed by atoms with Crippen LogP contribution >= 0.6 is 11.8 Å². The van der Waals surface area contributed by atoms with Crippen LogP contribution in [0.3, 0.4) is 0 Å². The molecule has 4 nitrogen and oxygen atoms in total. The van der Waals surface area contributed by atoms with Gasteiger partial charge in [-0.2, -0.15) is 0 Å². The maximum Gasteiger partial charge on any atom is 0.133 e. The van der Waals surface area contributed by atoms with Crippen molar-refractivity contribution in [2.24, 2.45) is 0 Å². The molecular formula is C13H16N4S. The number of hydrogen-bond acceptors (Lipinski definition) is 5. The van der Waals surface area contributed by atoms with Crippen LogP contribution in [0.5, 0.6) is 0 Å². The standard InChI is InChI=1S/C13H16N4S/c1-9(2)11-12(14-3)16-8-17-13(11)18-10-4-6-15-7-5-10/h4-9H,1-3H3,(H,14,16,17). The van der Waals surface area contributed by atoms with E-state index >= 15 is 0 Å². The van der Waals surface area contributed by atoms with E-state index in [-0.39, 0.29) is 0 Å². The summed E-state index contributed by atoms with van der Waals surface area (Å²) in [7, 11) is 1.88. The molecule has 0 spiro atoms. The number of anilines is 1. The molecule has 2 aromatic rings. The molecule has 18 heavy (non-hydrogen) atoms. The van der Waals surface area contributed by atoms with Crippen LogP contribution in [0.1, 0.15) is 25.3 Å². The lowest BCUT2D eigenvalue weighted by Crippen LogP contribution is -2.03. The molecule has 0 unspecified atom stereocenters. The zero-order chi connectivity index (χ0) is 13.0. The van der Waals surface area contributed by atoms with Gasteiger partial charge in [0.1, 0.15) is 17.2 Å². The molecule has 0 bridgehead atoms. The topological polar surface area (TPSA) is 50.7 Å². The average molecular weight is 260 g/mol. The number of hydrogen-bond donors (Lipinski definition) is 1. The highest BCUT2D eigenvalue weighted by molar-refractivity contribution is 7.99. The molecule has 0 saturated heterocycles. The van der Waals surface area contributed by atoms with E-state index in [4.69, 9.17) is 0 Å². The van der Waals surface area contributed by atoms with Crippen molar-refractivity contribution in [2.75, 3.05) is 12.4 Å². The van der Waals surface area contributed by atoms with Gasteiger partial charge >= 0.3 is 0 Å². The third-order valence-electron chi connectivity index (χ3n) is 2.53. The second-order valence-electron chi connectivity index (χ2n) is 4.13. The zero-order valence-corrected chi connectivity index (χ0v) is 11.5. The summed E-state index contributed by atoms with van der Waals surface area (Å²) in [6.07, 6.45) is 5.18. The molecule has 2 heterocycles. The number of nitrogens with zero attached hydrogens (tertiary/aromatic N) is 3. The maximum atomic E-state index is 4.40. The van der Waals surface area contributed by atoms with E-state index in [2.05, 4.69) is 34.1 Å². The molecule has 1 N–H and O–H groups in total. The SMILES string of the molecule is CNc1ncnc(Sc2ccncc2)c1C(C)C. The fraction of sp³-hybridized carbons (Fsp3) is 0.308. The highest BCUT2D eigenvalue weighted by Crippen LogP contribution is 2.34. The van der Waals surface area contributed by atoms with Crippen molar-refractivity contribution >= 4 is 17.6 Å². The second-order valence-corrected chi connectivity index (χ2v) is 5.19. The van der Waals surface area contributed by atoms with Crippen LogP contribution < -0.4 is 5.32 Å². The molecule has 94 valence electrons. The van der Waals surface area contributed by atoms with Gasteiger partial charge in [-0.1, -0.05) is 25.6 Å². The van der Waals surface area contributed by atoms with Gasteiger partial charge in [0, 0.05) is 29.9 Å². The lowest BCUT2D eigenvalue weighted by Gasteiger charge is -2.14. The fourth-order valence-corrected chi connectivity index (χ4v) is 2.72. The largest absolute Gasteiger partial charge is 0.373 e. The molecule has 0 saturated carbocycles. The Bertz CT molecular complexity index is 514. The smallest absolute Gasteiger partial charge is 0.133 e. The first-order valence-corrected chi connectivity index (χ1v) is 6.64. The van der Waals surface area contributed by atoms with E-state index < -0.39 is 0 Å². The summed E-state index contributed by atoms with van der Waals surface area (Å²) >= 11 is 1.64. The van der Waals surface area contributed by atoms with E-state index in [0.717, 1.165) is 21.3 Å². The summed E-state index contributed by atoms with van der Waals surface area (Å²) < 4.78 is 0. The molecule has 0 radical (unpaired) electrons. The predicted molar refractivity (Wildman–Crippen MR) is 74.0 cm³/mol. The van der Waals surface area contributed by atoms with E-state index in [1.54, 1.807) is 30.5 Å². The molecule has 2 rings (SSSR count). The molecule has 0 aromatic carbocycles. The Labute approximate surface area is 111 Å². The summed E-state index contributed by atoms with van der Waals surface area (Å²) in [5, 5.41) is 4.12. The predicted octanol–water partition coefficient (Wildman–Crippen LogP) is 3.19. The average Bonchev–Trinajstić information content (AvgIpc) is 2.39. The number of aromatic nitrogens is 3. The third-order valence-corrected chi connectivity index (χ3v) is 3.55. The molecule has 5 heteroatoms. The quantitative estimate of drug-likeness (QED) is 0.856. The van der Waals surface area contributed by atoms with Crippen LogP contribution in [-0.4, -0.2) is 22.0 Å². The molecule has 0 aliphatic heterocycles. The van der Waals surface area contributed by atoms with Crippen molar-refractivity contribution in [3.05, 3.63) is 36.4 Å². The number of pyridine rings is 1. The van der Waals surface area contributed by atoms with Crippen molar-refractivity contribution in [2.45, 2.75) is 29.7 Å². The molecule has 0 fully saturated rings. The minimum atomic E-state index is 0.373. The minimum Gasteiger partial charge on any atom is -0.373 e. The summed E-state index contributed by atoms with van der Waals surface area (Å²) in [5.74, 6) is 1.27. The number of nitrogens with one attached hydrogen (secondary N) is 1. The highest BCUT2D eigenvalue weighted by Gasteiger charge is 2.14. The van der Waals surface area contributed by atoms with Gasteiger partial charge in [0.25, 0.3) is 0 Å². The Morgan fingerprint density at radius 3 is 2.50 bits per heavy atom. The van der Waals surface area contributed by atoms with E-state index in [0.29, 0.717) is 5.92 Å². The zero-order valence-electron chi connectivity index (χ0n) is 10.7. The van der Waals surface area contributed by atoms with E-state index in [1.165, 1.54) is 0 Å². The van der Waals surface area contributed by atoms with Crippen LogP contribution in [0.25, 0.3) is 0 Å². The first-order chi connectivity index (χ1) is 8.72. The monoisotopic (exact) mass is 260 g/mol. The van der Waals surface area contributed by atoms with Gasteiger partial charge in [0.15, 0.2) is 0 Å². The van der Waals surface area contributed by atoms with Crippen molar-refractivity contribution < 1.29 is 0 Å². The Morgan fingerprint density at radius 2 is 1.89 bits per heavy atom. The van der Waals surface area contributed by atoms with Gasteiger partial charge in [-0.05, 0) is 18.1 Å². The molecule has 0 amide bonds. The number of rotatable bonds is 4. The Morgan fingerprint density at radius 1 is 1.17 bits per heavy atom. The maximum absolute atomic E-state index is 4.40.